The van der Waals surface area contributed by atoms with E-state index in [9.17, 15) is 9.59 Å². The first-order valence-electron chi connectivity index (χ1n) is 8.28. The molecule has 1 aliphatic heterocycles. The maximum atomic E-state index is 12.1. The highest BCUT2D eigenvalue weighted by atomic mass is 16.5. The predicted octanol–water partition coefficient (Wildman–Crippen LogP) is 2.28. The number of carbonyl (C=O) groups excluding carboxylic acids is 2. The molecule has 1 fully saturated rings. The van der Waals surface area contributed by atoms with Gasteiger partial charge in [-0.05, 0) is 49.3 Å². The van der Waals surface area contributed by atoms with Crippen LogP contribution in [0.4, 0.5) is 0 Å². The summed E-state index contributed by atoms with van der Waals surface area (Å²) in [7, 11) is 0. The molecule has 1 aliphatic rings. The fourth-order valence-electron chi connectivity index (χ4n) is 2.70. The van der Waals surface area contributed by atoms with E-state index in [0.717, 1.165) is 29.7 Å². The summed E-state index contributed by atoms with van der Waals surface area (Å²) in [6.45, 7) is 6.78. The molecule has 2 rings (SSSR count). The molecule has 1 aromatic rings. The number of hydrogen-bond donors (Lipinski definition) is 2. The Morgan fingerprint density at radius 3 is 2.91 bits per heavy atom. The van der Waals surface area contributed by atoms with E-state index >= 15 is 0 Å². The molecule has 126 valence electrons. The third-order valence-electron chi connectivity index (χ3n) is 4.02. The lowest BCUT2D eigenvalue weighted by Gasteiger charge is -2.17. The van der Waals surface area contributed by atoms with E-state index in [2.05, 4.69) is 24.5 Å². The van der Waals surface area contributed by atoms with Crippen molar-refractivity contribution >= 4 is 11.8 Å². The van der Waals surface area contributed by atoms with E-state index in [0.29, 0.717) is 18.9 Å². The van der Waals surface area contributed by atoms with Crippen LogP contribution in [0, 0.1) is 6.92 Å². The molecule has 2 N–H and O–H groups in total. The van der Waals surface area contributed by atoms with Gasteiger partial charge in [0.15, 0.2) is 6.61 Å². The largest absolute Gasteiger partial charge is 0.483 e. The van der Waals surface area contributed by atoms with Gasteiger partial charge < -0.3 is 15.4 Å². The first-order valence-corrected chi connectivity index (χ1v) is 8.28. The SMILES string of the molecule is Cc1ccc(C(C)C)c(OCC(=O)NC2CCCCNC2=O)c1. The van der Waals surface area contributed by atoms with Crippen LogP contribution in [-0.2, 0) is 9.59 Å². The lowest BCUT2D eigenvalue weighted by Crippen LogP contribution is -2.46. The van der Waals surface area contributed by atoms with Crippen LogP contribution in [0.1, 0.15) is 50.2 Å². The van der Waals surface area contributed by atoms with Crippen LogP contribution in [0.25, 0.3) is 0 Å². The number of aryl methyl sites for hydroxylation is 1. The normalized spacial score (nSPS) is 18.3. The highest BCUT2D eigenvalue weighted by Crippen LogP contribution is 2.27. The Bertz CT molecular complexity index is 569. The Balaban J connectivity index is 1.94. The number of carbonyl (C=O) groups is 2. The van der Waals surface area contributed by atoms with Gasteiger partial charge in [0.05, 0.1) is 0 Å². The van der Waals surface area contributed by atoms with Gasteiger partial charge >= 0.3 is 0 Å². The molecule has 0 radical (unpaired) electrons. The summed E-state index contributed by atoms with van der Waals surface area (Å²) in [5, 5.41) is 5.58. The number of benzene rings is 1. The van der Waals surface area contributed by atoms with Crippen molar-refractivity contribution in [2.45, 2.75) is 52.0 Å². The van der Waals surface area contributed by atoms with Gasteiger partial charge in [0.1, 0.15) is 11.8 Å². The summed E-state index contributed by atoms with van der Waals surface area (Å²) in [6.07, 6.45) is 2.56. The van der Waals surface area contributed by atoms with Crippen LogP contribution in [0.2, 0.25) is 0 Å². The highest BCUT2D eigenvalue weighted by Gasteiger charge is 2.22. The first-order chi connectivity index (χ1) is 11.0. The van der Waals surface area contributed by atoms with Crippen molar-refractivity contribution in [3.63, 3.8) is 0 Å². The van der Waals surface area contributed by atoms with E-state index in [4.69, 9.17) is 4.74 Å². The second-order valence-corrected chi connectivity index (χ2v) is 6.39. The molecule has 0 saturated carbocycles. The maximum absolute atomic E-state index is 12.1. The van der Waals surface area contributed by atoms with Crippen molar-refractivity contribution < 1.29 is 14.3 Å². The molecule has 1 saturated heterocycles. The summed E-state index contributed by atoms with van der Waals surface area (Å²) in [6, 6.07) is 5.57. The quantitative estimate of drug-likeness (QED) is 0.875. The number of rotatable bonds is 5. The average Bonchev–Trinajstić information content (AvgIpc) is 2.70. The number of amides is 2. The molecule has 1 heterocycles. The second kappa shape index (κ2) is 7.99. The van der Waals surface area contributed by atoms with Crippen molar-refractivity contribution in [3.05, 3.63) is 29.3 Å². The van der Waals surface area contributed by atoms with Crippen molar-refractivity contribution in [2.24, 2.45) is 0 Å². The van der Waals surface area contributed by atoms with Gasteiger partial charge in [0, 0.05) is 6.54 Å². The summed E-state index contributed by atoms with van der Waals surface area (Å²) in [5.74, 6) is 0.694. The fraction of sp³-hybridized carbons (Fsp3) is 0.556. The van der Waals surface area contributed by atoms with Crippen LogP contribution >= 0.6 is 0 Å². The van der Waals surface area contributed by atoms with Gasteiger partial charge in [0.2, 0.25) is 5.91 Å². The Morgan fingerprint density at radius 2 is 2.17 bits per heavy atom. The lowest BCUT2D eigenvalue weighted by molar-refractivity contribution is -0.129. The van der Waals surface area contributed by atoms with E-state index in [1.54, 1.807) is 0 Å². The maximum Gasteiger partial charge on any atom is 0.258 e. The Labute approximate surface area is 137 Å². The molecule has 0 aliphatic carbocycles. The second-order valence-electron chi connectivity index (χ2n) is 6.39. The zero-order valence-electron chi connectivity index (χ0n) is 14.1. The summed E-state index contributed by atoms with van der Waals surface area (Å²) in [5.41, 5.74) is 2.17. The zero-order chi connectivity index (χ0) is 16.8. The molecule has 0 spiro atoms. The summed E-state index contributed by atoms with van der Waals surface area (Å²) < 4.78 is 5.71. The standard InChI is InChI=1S/C18H26N2O3/c1-12(2)14-8-7-13(3)10-16(14)23-11-17(21)20-15-6-4-5-9-19-18(15)22/h7-8,10,12,15H,4-6,9,11H2,1-3H3,(H,19,22)(H,20,21). The lowest BCUT2D eigenvalue weighted by atomic mass is 10.0. The minimum absolute atomic E-state index is 0.0764. The molecular formula is C18H26N2O3. The third-order valence-corrected chi connectivity index (χ3v) is 4.02. The van der Waals surface area contributed by atoms with Gasteiger partial charge in [-0.15, -0.1) is 0 Å². The number of nitrogens with one attached hydrogen (secondary N) is 2. The van der Waals surface area contributed by atoms with E-state index in [1.165, 1.54) is 0 Å². The minimum atomic E-state index is -0.448. The van der Waals surface area contributed by atoms with Gasteiger partial charge in [-0.2, -0.15) is 0 Å². The van der Waals surface area contributed by atoms with Crippen LogP contribution < -0.4 is 15.4 Å². The highest BCUT2D eigenvalue weighted by molar-refractivity contribution is 5.88. The Hall–Kier alpha value is -2.04. The molecule has 1 atom stereocenters. The average molecular weight is 318 g/mol. The van der Waals surface area contributed by atoms with Crippen molar-refractivity contribution in [1.82, 2.24) is 10.6 Å². The summed E-state index contributed by atoms with van der Waals surface area (Å²) >= 11 is 0. The van der Waals surface area contributed by atoms with Gasteiger partial charge in [-0.1, -0.05) is 26.0 Å². The van der Waals surface area contributed by atoms with Crippen molar-refractivity contribution in [3.8, 4) is 5.75 Å². The minimum Gasteiger partial charge on any atom is -0.483 e. The van der Waals surface area contributed by atoms with E-state index in [1.807, 2.05) is 25.1 Å². The monoisotopic (exact) mass is 318 g/mol. The van der Waals surface area contributed by atoms with E-state index in [-0.39, 0.29) is 18.4 Å². The van der Waals surface area contributed by atoms with Crippen molar-refractivity contribution in [2.75, 3.05) is 13.2 Å². The molecule has 0 bridgehead atoms. The number of ether oxygens (including phenoxy) is 1. The summed E-state index contributed by atoms with van der Waals surface area (Å²) in [4.78, 5) is 23.9. The molecule has 23 heavy (non-hydrogen) atoms. The fourth-order valence-corrected chi connectivity index (χ4v) is 2.70. The van der Waals surface area contributed by atoms with Crippen LogP contribution in [0.15, 0.2) is 18.2 Å². The third kappa shape index (κ3) is 4.98. The van der Waals surface area contributed by atoms with Crippen LogP contribution in [0.5, 0.6) is 5.75 Å². The van der Waals surface area contributed by atoms with Gasteiger partial charge in [0.25, 0.3) is 5.91 Å². The van der Waals surface area contributed by atoms with Crippen LogP contribution in [0.3, 0.4) is 0 Å². The van der Waals surface area contributed by atoms with Gasteiger partial charge in [-0.25, -0.2) is 0 Å². The van der Waals surface area contributed by atoms with Crippen LogP contribution in [-0.4, -0.2) is 31.0 Å². The molecule has 1 unspecified atom stereocenters. The molecule has 2 amide bonds. The Kier molecular flexibility index (Phi) is 6.02. The topological polar surface area (TPSA) is 67.4 Å². The molecule has 5 nitrogen and oxygen atoms in total. The van der Waals surface area contributed by atoms with Gasteiger partial charge in [-0.3, -0.25) is 9.59 Å². The number of hydrogen-bond acceptors (Lipinski definition) is 3. The zero-order valence-corrected chi connectivity index (χ0v) is 14.1. The molecule has 5 heteroatoms. The predicted molar refractivity (Wildman–Crippen MR) is 89.6 cm³/mol. The first kappa shape index (κ1) is 17.3. The van der Waals surface area contributed by atoms with Crippen molar-refractivity contribution in [1.29, 1.82) is 0 Å². The van der Waals surface area contributed by atoms with E-state index < -0.39 is 6.04 Å². The molecular weight excluding hydrogens is 292 g/mol. The smallest absolute Gasteiger partial charge is 0.258 e. The molecule has 1 aromatic carbocycles. The molecule has 0 aromatic heterocycles. The Morgan fingerprint density at radius 1 is 1.39 bits per heavy atom.